The summed E-state index contributed by atoms with van der Waals surface area (Å²) in [6.45, 7) is 1.70. The Bertz CT molecular complexity index is 622. The fraction of sp³-hybridized carbons (Fsp3) is 0.444. The van der Waals surface area contributed by atoms with Gasteiger partial charge in [-0.1, -0.05) is 12.1 Å². The summed E-state index contributed by atoms with van der Waals surface area (Å²) in [6, 6.07) is 8.29. The zero-order valence-corrected chi connectivity index (χ0v) is 13.5. The average Bonchev–Trinajstić information content (AvgIpc) is 3.26. The molecule has 5 heteroatoms. The molecule has 1 aliphatic heterocycles. The summed E-state index contributed by atoms with van der Waals surface area (Å²) in [4.78, 5) is 18.6. The van der Waals surface area contributed by atoms with Crippen LogP contribution in [0.1, 0.15) is 37.3 Å². The number of carbonyl (C=O) groups is 1. The first-order chi connectivity index (χ1) is 11.3. The lowest BCUT2D eigenvalue weighted by atomic mass is 10.0. The van der Waals surface area contributed by atoms with E-state index in [2.05, 4.69) is 17.1 Å². The standard InChI is InChI=1S/C18H23N3O2/c1-23-16-8-6-15(7-9-16)17-4-2-12-21(17)18(22)5-3-11-20-13-10-19-14-20/h6-10,13-14,17H,2-5,11-12H2,1H3. The van der Waals surface area contributed by atoms with Gasteiger partial charge in [-0.3, -0.25) is 4.79 Å². The SMILES string of the molecule is COc1ccc(C2CCCN2C(=O)CCCn2ccnc2)cc1. The molecule has 1 saturated heterocycles. The molecule has 2 heterocycles. The van der Waals surface area contributed by atoms with E-state index in [-0.39, 0.29) is 11.9 Å². The second-order valence-corrected chi connectivity index (χ2v) is 5.92. The molecule has 1 unspecified atom stereocenters. The Hall–Kier alpha value is -2.30. The topological polar surface area (TPSA) is 47.4 Å². The number of aromatic nitrogens is 2. The van der Waals surface area contributed by atoms with Gasteiger partial charge in [0, 0.05) is 31.9 Å². The van der Waals surface area contributed by atoms with Crippen LogP contribution < -0.4 is 4.74 Å². The number of hydrogen-bond acceptors (Lipinski definition) is 3. The number of methoxy groups -OCH3 is 1. The van der Waals surface area contributed by atoms with Gasteiger partial charge < -0.3 is 14.2 Å². The van der Waals surface area contributed by atoms with Crippen LogP contribution in [0.25, 0.3) is 0 Å². The lowest BCUT2D eigenvalue weighted by Gasteiger charge is -2.25. The lowest BCUT2D eigenvalue weighted by molar-refractivity contribution is -0.132. The summed E-state index contributed by atoms with van der Waals surface area (Å²) < 4.78 is 7.22. The van der Waals surface area contributed by atoms with Crippen molar-refractivity contribution in [2.45, 2.75) is 38.3 Å². The van der Waals surface area contributed by atoms with Crippen LogP contribution in [-0.2, 0) is 11.3 Å². The first kappa shape index (κ1) is 15.6. The third kappa shape index (κ3) is 3.73. The van der Waals surface area contributed by atoms with Crippen molar-refractivity contribution in [2.24, 2.45) is 0 Å². The van der Waals surface area contributed by atoms with E-state index in [1.54, 1.807) is 19.6 Å². The zero-order chi connectivity index (χ0) is 16.1. The maximum absolute atomic E-state index is 12.6. The Labute approximate surface area is 136 Å². The predicted molar refractivity (Wildman–Crippen MR) is 88.1 cm³/mol. The Morgan fingerprint density at radius 2 is 2.17 bits per heavy atom. The number of carbonyl (C=O) groups excluding carboxylic acids is 1. The van der Waals surface area contributed by atoms with Crippen molar-refractivity contribution in [1.82, 2.24) is 14.5 Å². The minimum Gasteiger partial charge on any atom is -0.497 e. The number of amides is 1. The van der Waals surface area contributed by atoms with Crippen molar-refractivity contribution in [2.75, 3.05) is 13.7 Å². The van der Waals surface area contributed by atoms with Crippen LogP contribution in [0.5, 0.6) is 5.75 Å². The molecule has 0 saturated carbocycles. The van der Waals surface area contributed by atoms with Crippen LogP contribution in [0, 0.1) is 0 Å². The largest absolute Gasteiger partial charge is 0.497 e. The third-order valence-corrected chi connectivity index (χ3v) is 4.44. The molecule has 0 bridgehead atoms. The summed E-state index contributed by atoms with van der Waals surface area (Å²) in [5.41, 5.74) is 1.20. The van der Waals surface area contributed by atoms with Crippen molar-refractivity contribution in [3.8, 4) is 5.75 Å². The van der Waals surface area contributed by atoms with E-state index < -0.39 is 0 Å². The van der Waals surface area contributed by atoms with Crippen molar-refractivity contribution in [3.05, 3.63) is 48.5 Å². The Balaban J connectivity index is 1.57. The quantitative estimate of drug-likeness (QED) is 0.823. The number of aryl methyl sites for hydroxylation is 1. The van der Waals surface area contributed by atoms with Crippen LogP contribution in [0.2, 0.25) is 0 Å². The first-order valence-electron chi connectivity index (χ1n) is 8.17. The maximum atomic E-state index is 12.6. The van der Waals surface area contributed by atoms with Crippen LogP contribution in [-0.4, -0.2) is 34.0 Å². The highest BCUT2D eigenvalue weighted by Crippen LogP contribution is 2.33. The number of imidazole rings is 1. The molecule has 1 amide bonds. The Morgan fingerprint density at radius 1 is 1.35 bits per heavy atom. The highest BCUT2D eigenvalue weighted by atomic mass is 16.5. The molecular weight excluding hydrogens is 290 g/mol. The molecule has 1 atom stereocenters. The lowest BCUT2D eigenvalue weighted by Crippen LogP contribution is -2.30. The van der Waals surface area contributed by atoms with Gasteiger partial charge >= 0.3 is 0 Å². The Kier molecular flexibility index (Phi) is 4.95. The predicted octanol–water partition coefficient (Wildman–Crippen LogP) is 3.04. The van der Waals surface area contributed by atoms with Crippen molar-refractivity contribution in [1.29, 1.82) is 0 Å². The van der Waals surface area contributed by atoms with Crippen LogP contribution in [0.3, 0.4) is 0 Å². The van der Waals surface area contributed by atoms with E-state index >= 15 is 0 Å². The molecule has 2 aromatic rings. The van der Waals surface area contributed by atoms with Crippen LogP contribution >= 0.6 is 0 Å². The monoisotopic (exact) mass is 313 g/mol. The number of benzene rings is 1. The van der Waals surface area contributed by atoms with Gasteiger partial charge in [0.1, 0.15) is 5.75 Å². The molecule has 1 aromatic heterocycles. The van der Waals surface area contributed by atoms with E-state index in [1.807, 2.05) is 27.8 Å². The number of hydrogen-bond donors (Lipinski definition) is 0. The van der Waals surface area contributed by atoms with E-state index in [0.29, 0.717) is 6.42 Å². The zero-order valence-electron chi connectivity index (χ0n) is 13.5. The van der Waals surface area contributed by atoms with Gasteiger partial charge in [-0.25, -0.2) is 4.98 Å². The molecule has 3 rings (SSSR count). The highest BCUT2D eigenvalue weighted by Gasteiger charge is 2.29. The fourth-order valence-corrected chi connectivity index (χ4v) is 3.21. The van der Waals surface area contributed by atoms with Gasteiger partial charge in [0.15, 0.2) is 0 Å². The smallest absolute Gasteiger partial charge is 0.223 e. The highest BCUT2D eigenvalue weighted by molar-refractivity contribution is 5.77. The number of nitrogens with zero attached hydrogens (tertiary/aromatic N) is 3. The van der Waals surface area contributed by atoms with Crippen molar-refractivity contribution < 1.29 is 9.53 Å². The molecule has 1 aromatic carbocycles. The van der Waals surface area contributed by atoms with Gasteiger partial charge in [0.05, 0.1) is 19.5 Å². The molecule has 1 fully saturated rings. The summed E-state index contributed by atoms with van der Waals surface area (Å²) in [5.74, 6) is 1.10. The van der Waals surface area contributed by atoms with Crippen molar-refractivity contribution in [3.63, 3.8) is 0 Å². The van der Waals surface area contributed by atoms with E-state index in [4.69, 9.17) is 4.74 Å². The van der Waals surface area contributed by atoms with Gasteiger partial charge in [-0.2, -0.15) is 0 Å². The maximum Gasteiger partial charge on any atom is 0.223 e. The molecule has 0 N–H and O–H groups in total. The van der Waals surface area contributed by atoms with Gasteiger partial charge in [-0.05, 0) is 37.0 Å². The van der Waals surface area contributed by atoms with Crippen LogP contribution in [0.15, 0.2) is 43.0 Å². The number of rotatable bonds is 6. The van der Waals surface area contributed by atoms with Crippen molar-refractivity contribution >= 4 is 5.91 Å². The second-order valence-electron chi connectivity index (χ2n) is 5.92. The molecule has 23 heavy (non-hydrogen) atoms. The summed E-state index contributed by atoms with van der Waals surface area (Å²) in [5, 5.41) is 0. The number of likely N-dealkylation sites (tertiary alicyclic amines) is 1. The van der Waals surface area contributed by atoms with Gasteiger partial charge in [-0.15, -0.1) is 0 Å². The molecule has 0 radical (unpaired) electrons. The normalized spacial score (nSPS) is 17.4. The van der Waals surface area contributed by atoms with E-state index in [1.165, 1.54) is 5.56 Å². The van der Waals surface area contributed by atoms with Gasteiger partial charge in [0.25, 0.3) is 0 Å². The molecule has 0 aliphatic carbocycles. The summed E-state index contributed by atoms with van der Waals surface area (Å²) in [7, 11) is 1.67. The molecular formula is C18H23N3O2. The second kappa shape index (κ2) is 7.31. The van der Waals surface area contributed by atoms with Crippen LogP contribution in [0.4, 0.5) is 0 Å². The third-order valence-electron chi connectivity index (χ3n) is 4.44. The number of ether oxygens (including phenoxy) is 1. The summed E-state index contributed by atoms with van der Waals surface area (Å²) in [6.07, 6.45) is 9.04. The molecule has 5 nitrogen and oxygen atoms in total. The molecule has 1 aliphatic rings. The fourth-order valence-electron chi connectivity index (χ4n) is 3.21. The average molecular weight is 313 g/mol. The van der Waals surface area contributed by atoms with E-state index in [0.717, 1.165) is 38.1 Å². The summed E-state index contributed by atoms with van der Waals surface area (Å²) >= 11 is 0. The van der Waals surface area contributed by atoms with E-state index in [9.17, 15) is 4.79 Å². The minimum atomic E-state index is 0.210. The molecule has 122 valence electrons. The minimum absolute atomic E-state index is 0.210. The molecule has 0 spiro atoms. The van der Waals surface area contributed by atoms with Gasteiger partial charge in [0.2, 0.25) is 5.91 Å². The first-order valence-corrected chi connectivity index (χ1v) is 8.17. The Morgan fingerprint density at radius 3 is 2.87 bits per heavy atom.